The van der Waals surface area contributed by atoms with Gasteiger partial charge in [-0.15, -0.1) is 0 Å². The van der Waals surface area contributed by atoms with Crippen molar-refractivity contribution in [1.82, 2.24) is 10.2 Å². The number of ether oxygens (including phenoxy) is 1. The third-order valence-electron chi connectivity index (χ3n) is 6.65. The number of carbonyl (C=O) groups excluding carboxylic acids is 2. The Hall–Kier alpha value is -2.90. The third kappa shape index (κ3) is 9.17. The predicted molar refractivity (Wildman–Crippen MR) is 151 cm³/mol. The fourth-order valence-electron chi connectivity index (χ4n) is 4.30. The summed E-state index contributed by atoms with van der Waals surface area (Å²) < 4.78 is 5.48. The van der Waals surface area contributed by atoms with Gasteiger partial charge in [-0.3, -0.25) is 14.5 Å². The summed E-state index contributed by atoms with van der Waals surface area (Å²) in [6, 6.07) is 13.5. The maximum absolute atomic E-state index is 12.6. The Kier molecular flexibility index (Phi) is 12.6. The van der Waals surface area contributed by atoms with E-state index in [1.54, 1.807) is 13.2 Å². The first kappa shape index (κ1) is 30.3. The van der Waals surface area contributed by atoms with Gasteiger partial charge in [0.2, 0.25) is 0 Å². The minimum Gasteiger partial charge on any atom is -0.495 e. The van der Waals surface area contributed by atoms with Crippen molar-refractivity contribution in [3.05, 3.63) is 59.2 Å². The number of aliphatic hydroxyl groups excluding tert-OH is 1. The molecule has 1 amide bonds. The van der Waals surface area contributed by atoms with Gasteiger partial charge in [0.05, 0.1) is 18.9 Å². The van der Waals surface area contributed by atoms with Gasteiger partial charge in [0.25, 0.3) is 5.91 Å². The van der Waals surface area contributed by atoms with Crippen molar-refractivity contribution >= 4 is 17.4 Å². The van der Waals surface area contributed by atoms with E-state index in [9.17, 15) is 14.7 Å². The summed E-state index contributed by atoms with van der Waals surface area (Å²) in [7, 11) is 1.69. The van der Waals surface area contributed by atoms with Crippen LogP contribution in [0.15, 0.2) is 42.5 Å². The fourth-order valence-corrected chi connectivity index (χ4v) is 4.30. The van der Waals surface area contributed by atoms with Crippen molar-refractivity contribution in [3.63, 3.8) is 0 Å². The van der Waals surface area contributed by atoms with Crippen LogP contribution in [0.1, 0.15) is 55.6 Å². The van der Waals surface area contributed by atoms with E-state index in [-0.39, 0.29) is 17.6 Å². The van der Waals surface area contributed by atoms with E-state index in [1.165, 1.54) is 0 Å². The van der Waals surface area contributed by atoms with Gasteiger partial charge in [0.15, 0.2) is 0 Å². The van der Waals surface area contributed by atoms with E-state index >= 15 is 0 Å². The average Bonchev–Trinajstić information content (AvgIpc) is 2.91. The minimum atomic E-state index is -0.509. The molecule has 1 heterocycles. The van der Waals surface area contributed by atoms with E-state index in [4.69, 9.17) is 4.74 Å². The van der Waals surface area contributed by atoms with E-state index in [2.05, 4.69) is 21.2 Å². The van der Waals surface area contributed by atoms with Gasteiger partial charge < -0.3 is 20.1 Å². The summed E-state index contributed by atoms with van der Waals surface area (Å²) in [5, 5.41) is 13.4. The zero-order valence-corrected chi connectivity index (χ0v) is 23.4. The topological polar surface area (TPSA) is 82.1 Å². The summed E-state index contributed by atoms with van der Waals surface area (Å²) in [6.07, 6.45) is 0.321. The van der Waals surface area contributed by atoms with Gasteiger partial charge in [-0.1, -0.05) is 45.9 Å². The number of anilines is 1. The number of β-amino-alcohol motifs (C(OH)–C–C–N with tert-alkyl or cyclic N) is 1. The number of hydrogen-bond donors (Lipinski definition) is 2. The van der Waals surface area contributed by atoms with E-state index in [1.807, 2.05) is 65.0 Å². The van der Waals surface area contributed by atoms with Crippen LogP contribution in [0.3, 0.4) is 0 Å². The SMILES string of the molecule is CC.COc1ccccc1N1CCN(CC(O)CCNC(=O)c2ccc(C)c(CC(=O)C(C)C)c2)CC1. The van der Waals surface area contributed by atoms with Crippen LogP contribution in [-0.2, 0) is 11.2 Å². The zero-order valence-electron chi connectivity index (χ0n) is 23.4. The molecule has 2 N–H and O–H groups in total. The number of ketones is 1. The van der Waals surface area contributed by atoms with Gasteiger partial charge in [-0.2, -0.15) is 0 Å². The van der Waals surface area contributed by atoms with Crippen LogP contribution < -0.4 is 15.0 Å². The fraction of sp³-hybridized carbons (Fsp3) is 0.533. The number of Topliss-reactive ketones (excluding diaryl/α,β-unsaturated/α-hetero) is 1. The second-order valence-corrected chi connectivity index (χ2v) is 9.60. The molecule has 2 aromatic carbocycles. The molecule has 204 valence electrons. The number of methoxy groups -OCH3 is 1. The zero-order chi connectivity index (χ0) is 27.4. The van der Waals surface area contributed by atoms with Gasteiger partial charge in [0.1, 0.15) is 11.5 Å². The van der Waals surface area contributed by atoms with Crippen LogP contribution in [0.25, 0.3) is 0 Å². The summed E-state index contributed by atoms with van der Waals surface area (Å²) in [5.41, 5.74) is 3.55. The number of aliphatic hydroxyl groups is 1. The number of carbonyl (C=O) groups is 2. The van der Waals surface area contributed by atoms with E-state index in [0.717, 1.165) is 48.7 Å². The molecule has 7 heteroatoms. The van der Waals surface area contributed by atoms with Crippen molar-refractivity contribution in [1.29, 1.82) is 0 Å². The molecule has 1 unspecified atom stereocenters. The van der Waals surface area contributed by atoms with Crippen molar-refractivity contribution in [2.24, 2.45) is 5.92 Å². The monoisotopic (exact) mass is 511 g/mol. The van der Waals surface area contributed by atoms with E-state index < -0.39 is 6.10 Å². The van der Waals surface area contributed by atoms with Crippen molar-refractivity contribution in [3.8, 4) is 5.75 Å². The van der Waals surface area contributed by atoms with Crippen LogP contribution in [0.5, 0.6) is 5.75 Å². The number of piperazine rings is 1. The highest BCUT2D eigenvalue weighted by molar-refractivity contribution is 5.95. The molecule has 3 rings (SSSR count). The highest BCUT2D eigenvalue weighted by Crippen LogP contribution is 2.28. The van der Waals surface area contributed by atoms with Crippen LogP contribution in [0, 0.1) is 12.8 Å². The first-order valence-electron chi connectivity index (χ1n) is 13.5. The van der Waals surface area contributed by atoms with Gasteiger partial charge in [-0.25, -0.2) is 0 Å². The molecular weight excluding hydrogens is 466 g/mol. The number of para-hydroxylation sites is 2. The van der Waals surface area contributed by atoms with Crippen LogP contribution in [0.4, 0.5) is 5.69 Å². The number of nitrogens with one attached hydrogen (secondary N) is 1. The summed E-state index contributed by atoms with van der Waals surface area (Å²) >= 11 is 0. The molecule has 1 saturated heterocycles. The lowest BCUT2D eigenvalue weighted by Crippen LogP contribution is -2.49. The molecule has 1 aliphatic rings. The Morgan fingerprint density at radius 1 is 1.05 bits per heavy atom. The highest BCUT2D eigenvalue weighted by atomic mass is 16.5. The lowest BCUT2D eigenvalue weighted by Gasteiger charge is -2.37. The molecule has 2 aromatic rings. The van der Waals surface area contributed by atoms with Crippen molar-refractivity contribution in [2.45, 2.75) is 53.6 Å². The quantitative estimate of drug-likeness (QED) is 0.473. The summed E-state index contributed by atoms with van der Waals surface area (Å²) in [6.45, 7) is 14.2. The van der Waals surface area contributed by atoms with Crippen molar-refractivity contribution in [2.75, 3.05) is 51.3 Å². The largest absolute Gasteiger partial charge is 0.495 e. The Labute approximate surface area is 222 Å². The minimum absolute atomic E-state index is 0.0301. The molecule has 0 aromatic heterocycles. The van der Waals surface area contributed by atoms with E-state index in [0.29, 0.717) is 31.5 Å². The first-order valence-corrected chi connectivity index (χ1v) is 13.5. The Balaban J connectivity index is 0.00000235. The molecular formula is C30H45N3O4. The van der Waals surface area contributed by atoms with Gasteiger partial charge >= 0.3 is 0 Å². The highest BCUT2D eigenvalue weighted by Gasteiger charge is 2.21. The normalized spacial score (nSPS) is 14.5. The number of rotatable bonds is 11. The molecule has 1 fully saturated rings. The first-order chi connectivity index (χ1) is 17.8. The van der Waals surface area contributed by atoms with Crippen molar-refractivity contribution < 1.29 is 19.4 Å². The molecule has 0 radical (unpaired) electrons. The predicted octanol–water partition coefficient (Wildman–Crippen LogP) is 4.10. The number of amides is 1. The molecule has 1 aliphatic heterocycles. The standard InChI is InChI=1S/C28H39N3O4.C2H6/c1-20(2)26(33)18-23-17-22(10-9-21(23)3)28(34)29-12-11-24(32)19-30-13-15-31(16-14-30)25-7-5-6-8-27(25)35-4;1-2/h5-10,17,20,24,32H,11-16,18-19H2,1-4H3,(H,29,34);1-2H3. The maximum atomic E-state index is 12.6. The van der Waals surface area contributed by atoms with Crippen LogP contribution in [0.2, 0.25) is 0 Å². The molecule has 1 atom stereocenters. The van der Waals surface area contributed by atoms with Crippen LogP contribution in [-0.4, -0.2) is 74.2 Å². The van der Waals surface area contributed by atoms with Crippen LogP contribution >= 0.6 is 0 Å². The summed E-state index contributed by atoms with van der Waals surface area (Å²) in [4.78, 5) is 29.3. The molecule has 0 saturated carbocycles. The van der Waals surface area contributed by atoms with Gasteiger partial charge in [0, 0.05) is 57.2 Å². The second-order valence-electron chi connectivity index (χ2n) is 9.60. The molecule has 0 bridgehead atoms. The Morgan fingerprint density at radius 2 is 1.73 bits per heavy atom. The molecule has 0 aliphatic carbocycles. The summed E-state index contributed by atoms with van der Waals surface area (Å²) in [5.74, 6) is 0.833. The lowest BCUT2D eigenvalue weighted by molar-refractivity contribution is -0.121. The lowest BCUT2D eigenvalue weighted by atomic mass is 9.96. The number of nitrogens with zero attached hydrogens (tertiary/aromatic N) is 2. The number of aryl methyl sites for hydroxylation is 1. The average molecular weight is 512 g/mol. The second kappa shape index (κ2) is 15.4. The maximum Gasteiger partial charge on any atom is 0.251 e. The molecule has 37 heavy (non-hydrogen) atoms. The number of benzene rings is 2. The molecule has 7 nitrogen and oxygen atoms in total. The van der Waals surface area contributed by atoms with Gasteiger partial charge in [-0.05, 0) is 48.7 Å². The molecule has 0 spiro atoms. The smallest absolute Gasteiger partial charge is 0.251 e. The Bertz CT molecular complexity index is 1000. The number of hydrogen-bond acceptors (Lipinski definition) is 6. The Morgan fingerprint density at radius 3 is 2.38 bits per heavy atom. The third-order valence-corrected chi connectivity index (χ3v) is 6.65.